The van der Waals surface area contributed by atoms with Crippen molar-refractivity contribution in [1.29, 1.82) is 0 Å². The molecule has 0 nitrogen and oxygen atoms in total. The van der Waals surface area contributed by atoms with Crippen molar-refractivity contribution >= 4 is 10.8 Å². The Bertz CT molecular complexity index is 1370. The summed E-state index contributed by atoms with van der Waals surface area (Å²) in [5.74, 6) is -5.55. The molecule has 0 spiro atoms. The fraction of sp³-hybridized carbons (Fsp3) is 0.185. The highest BCUT2D eigenvalue weighted by Gasteiger charge is 2.37. The van der Waals surface area contributed by atoms with E-state index in [1.54, 1.807) is 13.0 Å². The lowest BCUT2D eigenvalue weighted by Gasteiger charge is -2.12. The number of rotatable bonds is 5. The Morgan fingerprint density at radius 1 is 0.657 bits per heavy atom. The van der Waals surface area contributed by atoms with Crippen molar-refractivity contribution in [1.82, 2.24) is 0 Å². The van der Waals surface area contributed by atoms with E-state index in [0.29, 0.717) is 29.5 Å². The molecule has 0 radical (unpaired) electrons. The van der Waals surface area contributed by atoms with Gasteiger partial charge in [0.1, 0.15) is 34.6 Å². The lowest BCUT2D eigenvalue weighted by atomic mass is 9.96. The summed E-state index contributed by atoms with van der Waals surface area (Å²) in [6.45, 7) is 1.77. The Labute approximate surface area is 195 Å². The van der Waals surface area contributed by atoms with Gasteiger partial charge in [-0.25, -0.2) is 22.0 Å². The number of fused-ring (bicyclic) bond motifs is 1. The zero-order chi connectivity index (χ0) is 25.5. The molecular formula is C27H18F8. The molecule has 0 unspecified atom stereocenters. The summed E-state index contributed by atoms with van der Waals surface area (Å²) in [4.78, 5) is 0. The molecule has 0 aliphatic rings. The maximum Gasteiger partial charge on any atom is 0.422 e. The van der Waals surface area contributed by atoms with Crippen molar-refractivity contribution in [3.8, 4) is 11.1 Å². The molecule has 182 valence electrons. The maximum absolute atomic E-state index is 15.1. The van der Waals surface area contributed by atoms with Gasteiger partial charge in [0.15, 0.2) is 0 Å². The Morgan fingerprint density at radius 3 is 1.83 bits per heavy atom. The van der Waals surface area contributed by atoms with Gasteiger partial charge in [-0.3, -0.25) is 0 Å². The van der Waals surface area contributed by atoms with Crippen molar-refractivity contribution in [3.05, 3.63) is 106 Å². The number of aryl methyl sites for hydroxylation is 3. The lowest BCUT2D eigenvalue weighted by molar-refractivity contribution is -0.142. The van der Waals surface area contributed by atoms with Gasteiger partial charge in [-0.05, 0) is 77.2 Å². The van der Waals surface area contributed by atoms with Crippen molar-refractivity contribution < 1.29 is 35.1 Å². The van der Waals surface area contributed by atoms with Gasteiger partial charge in [0.2, 0.25) is 0 Å². The minimum absolute atomic E-state index is 0.0322. The predicted octanol–water partition coefficient (Wildman–Crippen LogP) is 8.57. The van der Waals surface area contributed by atoms with E-state index < -0.39 is 40.8 Å². The largest absolute Gasteiger partial charge is 0.422 e. The minimum Gasteiger partial charge on any atom is -0.206 e. The highest BCUT2D eigenvalue weighted by molar-refractivity contribution is 5.88. The third-order valence-corrected chi connectivity index (χ3v) is 5.90. The molecule has 0 fully saturated rings. The summed E-state index contributed by atoms with van der Waals surface area (Å²) in [5.41, 5.74) is -1.32. The van der Waals surface area contributed by atoms with Crippen LogP contribution in [0.2, 0.25) is 0 Å². The minimum atomic E-state index is -5.17. The third kappa shape index (κ3) is 4.88. The molecule has 35 heavy (non-hydrogen) atoms. The number of hydrogen-bond acceptors (Lipinski definition) is 0. The van der Waals surface area contributed by atoms with Crippen LogP contribution in [0.4, 0.5) is 35.1 Å². The standard InChI is InChI=1S/C27H18F8/c1-2-14-9-20(28)24(21(29)10-14)18-7-8-19-17(13-18)6-5-16(26(19)32)4-3-15-11-22(30)25(23(31)12-15)27(33,34)35/h5-13H,2-4H2,1H3. The molecule has 4 rings (SSSR count). The van der Waals surface area contributed by atoms with Crippen LogP contribution in [0.25, 0.3) is 21.9 Å². The topological polar surface area (TPSA) is 0 Å². The molecule has 4 aromatic carbocycles. The number of alkyl halides is 3. The number of benzene rings is 4. The van der Waals surface area contributed by atoms with Crippen LogP contribution in [-0.2, 0) is 25.4 Å². The van der Waals surface area contributed by atoms with E-state index in [4.69, 9.17) is 0 Å². The van der Waals surface area contributed by atoms with Gasteiger partial charge >= 0.3 is 6.18 Å². The lowest BCUT2D eigenvalue weighted by Crippen LogP contribution is -2.12. The third-order valence-electron chi connectivity index (χ3n) is 5.90. The van der Waals surface area contributed by atoms with E-state index in [2.05, 4.69) is 0 Å². The molecule has 8 heteroatoms. The number of hydrogen-bond donors (Lipinski definition) is 0. The second kappa shape index (κ2) is 9.32. The second-order valence-corrected chi connectivity index (χ2v) is 8.19. The molecule has 4 aromatic rings. The molecule has 0 aliphatic heterocycles. The van der Waals surface area contributed by atoms with E-state index in [9.17, 15) is 30.7 Å². The second-order valence-electron chi connectivity index (χ2n) is 8.19. The number of halogens is 8. The monoisotopic (exact) mass is 494 g/mol. The molecule has 0 aliphatic carbocycles. The normalized spacial score (nSPS) is 11.9. The fourth-order valence-electron chi connectivity index (χ4n) is 4.11. The molecule has 0 atom stereocenters. The zero-order valence-corrected chi connectivity index (χ0v) is 18.3. The average Bonchev–Trinajstić information content (AvgIpc) is 2.76. The summed E-state index contributed by atoms with van der Waals surface area (Å²) in [5, 5.41) is 0.552. The van der Waals surface area contributed by atoms with Crippen LogP contribution >= 0.6 is 0 Å². The average molecular weight is 494 g/mol. The van der Waals surface area contributed by atoms with Crippen molar-refractivity contribution in [3.63, 3.8) is 0 Å². The summed E-state index contributed by atoms with van der Waals surface area (Å²) < 4.78 is 110. The predicted molar refractivity (Wildman–Crippen MR) is 117 cm³/mol. The quantitative estimate of drug-likeness (QED) is 0.244. The molecule has 0 N–H and O–H groups in total. The fourth-order valence-corrected chi connectivity index (χ4v) is 4.11. The molecule has 0 amide bonds. The van der Waals surface area contributed by atoms with Gasteiger partial charge in [-0.2, -0.15) is 13.2 Å². The van der Waals surface area contributed by atoms with Crippen molar-refractivity contribution in [2.45, 2.75) is 32.4 Å². The van der Waals surface area contributed by atoms with Crippen LogP contribution in [0, 0.1) is 29.1 Å². The SMILES string of the molecule is CCc1cc(F)c(-c2ccc3c(F)c(CCc4cc(F)c(C(F)(F)F)c(F)c4)ccc3c2)c(F)c1. The van der Waals surface area contributed by atoms with Crippen LogP contribution in [0.3, 0.4) is 0 Å². The smallest absolute Gasteiger partial charge is 0.206 e. The van der Waals surface area contributed by atoms with E-state index in [-0.39, 0.29) is 40.5 Å². The zero-order valence-electron chi connectivity index (χ0n) is 18.3. The summed E-state index contributed by atoms with van der Waals surface area (Å²) in [6, 6.07) is 10.9. The van der Waals surface area contributed by atoms with Crippen LogP contribution in [0.5, 0.6) is 0 Å². The Morgan fingerprint density at radius 2 is 1.26 bits per heavy atom. The first-order valence-electron chi connectivity index (χ1n) is 10.7. The Kier molecular flexibility index (Phi) is 6.58. The van der Waals surface area contributed by atoms with Gasteiger partial charge in [-0.15, -0.1) is 0 Å². The first kappa shape index (κ1) is 24.7. The van der Waals surface area contributed by atoms with Gasteiger partial charge in [0.25, 0.3) is 0 Å². The van der Waals surface area contributed by atoms with E-state index in [1.165, 1.54) is 36.4 Å². The van der Waals surface area contributed by atoms with Crippen LogP contribution in [0.1, 0.15) is 29.2 Å². The van der Waals surface area contributed by atoms with Gasteiger partial charge in [0.05, 0.1) is 5.56 Å². The molecular weight excluding hydrogens is 476 g/mol. The maximum atomic E-state index is 15.1. The van der Waals surface area contributed by atoms with Crippen molar-refractivity contribution in [2.24, 2.45) is 0 Å². The van der Waals surface area contributed by atoms with Gasteiger partial charge in [-0.1, -0.05) is 31.2 Å². The first-order chi connectivity index (χ1) is 16.5. The van der Waals surface area contributed by atoms with Gasteiger partial charge < -0.3 is 0 Å². The molecule has 0 aromatic heterocycles. The van der Waals surface area contributed by atoms with E-state index in [1.807, 2.05) is 0 Å². The summed E-state index contributed by atoms with van der Waals surface area (Å²) in [7, 11) is 0. The van der Waals surface area contributed by atoms with Crippen LogP contribution in [0.15, 0.2) is 54.6 Å². The van der Waals surface area contributed by atoms with E-state index in [0.717, 1.165) is 0 Å². The summed E-state index contributed by atoms with van der Waals surface area (Å²) in [6.07, 6.45) is -4.84. The Hall–Kier alpha value is -3.42. The highest BCUT2D eigenvalue weighted by Crippen LogP contribution is 2.35. The van der Waals surface area contributed by atoms with Crippen molar-refractivity contribution in [2.75, 3.05) is 0 Å². The molecule has 0 heterocycles. The van der Waals surface area contributed by atoms with Gasteiger partial charge in [0, 0.05) is 5.39 Å². The first-order valence-corrected chi connectivity index (χ1v) is 10.7. The molecule has 0 saturated heterocycles. The van der Waals surface area contributed by atoms with Crippen LogP contribution in [-0.4, -0.2) is 0 Å². The summed E-state index contributed by atoms with van der Waals surface area (Å²) >= 11 is 0. The van der Waals surface area contributed by atoms with E-state index >= 15 is 4.39 Å². The Balaban J connectivity index is 1.62. The highest BCUT2D eigenvalue weighted by atomic mass is 19.4. The molecule has 0 saturated carbocycles. The van der Waals surface area contributed by atoms with Crippen LogP contribution < -0.4 is 0 Å². The molecule has 0 bridgehead atoms.